The Morgan fingerprint density at radius 2 is 1.94 bits per heavy atom. The molecule has 0 radical (unpaired) electrons. The molecule has 0 heterocycles. The molecule has 17 heavy (non-hydrogen) atoms. The molecule has 0 bridgehead atoms. The fourth-order valence-corrected chi connectivity index (χ4v) is 1.05. The Morgan fingerprint density at radius 1 is 1.35 bits per heavy atom. The summed E-state index contributed by atoms with van der Waals surface area (Å²) in [7, 11) is 0. The Balaban J connectivity index is 2.72. The molecule has 1 rings (SSSR count). The predicted molar refractivity (Wildman–Crippen MR) is 52.7 cm³/mol. The van der Waals surface area contributed by atoms with E-state index in [9.17, 15) is 18.0 Å². The van der Waals surface area contributed by atoms with Gasteiger partial charge in [0, 0.05) is 23.6 Å². The maximum absolute atomic E-state index is 12.8. The van der Waals surface area contributed by atoms with E-state index in [4.69, 9.17) is 5.53 Å². The number of hydrogen-bond donors (Lipinski definition) is 1. The molecule has 0 saturated heterocycles. The van der Waals surface area contributed by atoms with Gasteiger partial charge in [-0.1, -0.05) is 5.11 Å². The van der Waals surface area contributed by atoms with E-state index in [2.05, 4.69) is 15.3 Å². The smallest absolute Gasteiger partial charge is 0.251 e. The number of azide groups is 1. The summed E-state index contributed by atoms with van der Waals surface area (Å²) in [5, 5.41) is 5.39. The molecule has 1 N–H and O–H groups in total. The van der Waals surface area contributed by atoms with Crippen molar-refractivity contribution in [1.82, 2.24) is 5.32 Å². The van der Waals surface area contributed by atoms with Crippen LogP contribution in [0.15, 0.2) is 17.2 Å². The minimum Gasteiger partial charge on any atom is -0.352 e. The SMILES string of the molecule is [N-]=[N+]=NCCNC(=O)c1cc(F)c(F)c(F)c1. The van der Waals surface area contributed by atoms with E-state index in [0.717, 1.165) is 0 Å². The standard InChI is InChI=1S/C9H7F3N4O/c10-6-3-5(4-7(11)8(6)12)9(17)14-1-2-15-16-13/h3-4H,1-2H2,(H,14,17). The van der Waals surface area contributed by atoms with Crippen molar-refractivity contribution in [3.8, 4) is 0 Å². The number of hydrogen-bond acceptors (Lipinski definition) is 2. The fraction of sp³-hybridized carbons (Fsp3) is 0.222. The third-order valence-corrected chi connectivity index (χ3v) is 1.81. The molecule has 0 aromatic heterocycles. The van der Waals surface area contributed by atoms with Crippen molar-refractivity contribution in [3.63, 3.8) is 0 Å². The van der Waals surface area contributed by atoms with E-state index in [1.807, 2.05) is 0 Å². The summed E-state index contributed by atoms with van der Waals surface area (Å²) in [6, 6.07) is 1.17. The van der Waals surface area contributed by atoms with Crippen LogP contribution in [-0.4, -0.2) is 19.0 Å². The molecule has 8 heteroatoms. The van der Waals surface area contributed by atoms with Crippen LogP contribution in [0.3, 0.4) is 0 Å². The zero-order valence-electron chi connectivity index (χ0n) is 8.45. The van der Waals surface area contributed by atoms with E-state index in [0.29, 0.717) is 12.1 Å². The lowest BCUT2D eigenvalue weighted by Gasteiger charge is -2.04. The van der Waals surface area contributed by atoms with Gasteiger partial charge in [0.25, 0.3) is 5.91 Å². The number of benzene rings is 1. The molecular formula is C9H7F3N4O. The lowest BCUT2D eigenvalue weighted by Crippen LogP contribution is -2.26. The number of carbonyl (C=O) groups excluding carboxylic acids is 1. The first-order chi connectivity index (χ1) is 8.06. The molecule has 0 spiro atoms. The minimum atomic E-state index is -1.63. The normalized spacial score (nSPS) is 9.59. The lowest BCUT2D eigenvalue weighted by atomic mass is 10.2. The number of amides is 1. The highest BCUT2D eigenvalue weighted by Crippen LogP contribution is 2.13. The molecule has 0 aliphatic rings. The van der Waals surface area contributed by atoms with E-state index >= 15 is 0 Å². The molecule has 1 aromatic rings. The summed E-state index contributed by atoms with van der Waals surface area (Å²) in [5.41, 5.74) is 7.61. The predicted octanol–water partition coefficient (Wildman–Crippen LogP) is 2.14. The van der Waals surface area contributed by atoms with E-state index in [1.54, 1.807) is 0 Å². The van der Waals surface area contributed by atoms with Crippen LogP contribution in [0.5, 0.6) is 0 Å². The van der Waals surface area contributed by atoms with Gasteiger partial charge in [-0.2, -0.15) is 0 Å². The number of nitrogens with zero attached hydrogens (tertiary/aromatic N) is 3. The molecule has 0 fully saturated rings. The van der Waals surface area contributed by atoms with Crippen molar-refractivity contribution in [3.05, 3.63) is 45.6 Å². The molecule has 1 aromatic carbocycles. The third kappa shape index (κ3) is 3.39. The number of carbonyl (C=O) groups is 1. The summed E-state index contributed by atoms with van der Waals surface area (Å²) in [6.45, 7) is 0.0257. The average Bonchev–Trinajstić information content (AvgIpc) is 2.30. The second kappa shape index (κ2) is 5.76. The Morgan fingerprint density at radius 3 is 2.47 bits per heavy atom. The number of nitrogens with one attached hydrogen (secondary N) is 1. The van der Waals surface area contributed by atoms with Gasteiger partial charge in [0.05, 0.1) is 0 Å². The summed E-state index contributed by atoms with van der Waals surface area (Å²) in [5.74, 6) is -5.29. The first-order valence-corrected chi connectivity index (χ1v) is 4.50. The van der Waals surface area contributed by atoms with Crippen molar-refractivity contribution in [2.75, 3.05) is 13.1 Å². The highest BCUT2D eigenvalue weighted by Gasteiger charge is 2.14. The minimum absolute atomic E-state index is 0.00833. The molecular weight excluding hydrogens is 237 g/mol. The fourth-order valence-electron chi connectivity index (χ4n) is 1.05. The van der Waals surface area contributed by atoms with E-state index < -0.39 is 23.4 Å². The molecule has 5 nitrogen and oxygen atoms in total. The highest BCUT2D eigenvalue weighted by molar-refractivity contribution is 5.94. The van der Waals surface area contributed by atoms with Gasteiger partial charge in [-0.3, -0.25) is 4.79 Å². The van der Waals surface area contributed by atoms with Crippen LogP contribution in [0.1, 0.15) is 10.4 Å². The number of halogens is 3. The van der Waals surface area contributed by atoms with E-state index in [1.165, 1.54) is 0 Å². The molecule has 0 aliphatic carbocycles. The van der Waals surface area contributed by atoms with Gasteiger partial charge in [0.1, 0.15) is 0 Å². The molecule has 0 atom stereocenters. The summed E-state index contributed by atoms with van der Waals surface area (Å²) in [4.78, 5) is 13.8. The van der Waals surface area contributed by atoms with E-state index in [-0.39, 0.29) is 18.7 Å². The van der Waals surface area contributed by atoms with Crippen molar-refractivity contribution >= 4 is 5.91 Å². The highest BCUT2D eigenvalue weighted by atomic mass is 19.2. The Kier molecular flexibility index (Phi) is 4.36. The lowest BCUT2D eigenvalue weighted by molar-refractivity contribution is 0.0953. The second-order valence-corrected chi connectivity index (χ2v) is 2.96. The van der Waals surface area contributed by atoms with Crippen LogP contribution in [0.4, 0.5) is 13.2 Å². The number of rotatable bonds is 4. The van der Waals surface area contributed by atoms with Crippen LogP contribution < -0.4 is 5.32 Å². The monoisotopic (exact) mass is 244 g/mol. The first-order valence-electron chi connectivity index (χ1n) is 4.50. The van der Waals surface area contributed by atoms with Crippen LogP contribution in [-0.2, 0) is 0 Å². The summed E-state index contributed by atoms with van der Waals surface area (Å²) in [6.07, 6.45) is 0. The zero-order chi connectivity index (χ0) is 12.8. The zero-order valence-corrected chi connectivity index (χ0v) is 8.45. The van der Waals surface area contributed by atoms with Gasteiger partial charge >= 0.3 is 0 Å². The van der Waals surface area contributed by atoms with Crippen molar-refractivity contribution < 1.29 is 18.0 Å². The largest absolute Gasteiger partial charge is 0.352 e. The van der Waals surface area contributed by atoms with Gasteiger partial charge in [0.2, 0.25) is 0 Å². The van der Waals surface area contributed by atoms with Gasteiger partial charge < -0.3 is 5.32 Å². The average molecular weight is 244 g/mol. The molecule has 0 unspecified atom stereocenters. The van der Waals surface area contributed by atoms with Crippen molar-refractivity contribution in [1.29, 1.82) is 0 Å². The second-order valence-electron chi connectivity index (χ2n) is 2.96. The van der Waals surface area contributed by atoms with Crippen molar-refractivity contribution in [2.45, 2.75) is 0 Å². The quantitative estimate of drug-likeness (QED) is 0.284. The van der Waals surface area contributed by atoms with Gasteiger partial charge in [-0.05, 0) is 17.7 Å². The van der Waals surface area contributed by atoms with Gasteiger partial charge in [-0.25, -0.2) is 13.2 Å². The Labute approximate surface area is 93.9 Å². The molecule has 1 amide bonds. The summed E-state index contributed by atoms with van der Waals surface area (Å²) < 4.78 is 38.2. The van der Waals surface area contributed by atoms with Gasteiger partial charge in [-0.15, -0.1) is 0 Å². The third-order valence-electron chi connectivity index (χ3n) is 1.81. The first kappa shape index (κ1) is 12.9. The van der Waals surface area contributed by atoms with Crippen LogP contribution >= 0.6 is 0 Å². The van der Waals surface area contributed by atoms with Crippen LogP contribution in [0, 0.1) is 17.5 Å². The van der Waals surface area contributed by atoms with Crippen LogP contribution in [0.25, 0.3) is 10.4 Å². The molecule has 90 valence electrons. The maximum Gasteiger partial charge on any atom is 0.251 e. The van der Waals surface area contributed by atoms with Crippen LogP contribution in [0.2, 0.25) is 0 Å². The molecule has 0 aliphatic heterocycles. The Hall–Kier alpha value is -2.21. The Bertz CT molecular complexity index is 462. The van der Waals surface area contributed by atoms with Crippen molar-refractivity contribution in [2.24, 2.45) is 5.11 Å². The maximum atomic E-state index is 12.8. The van der Waals surface area contributed by atoms with Gasteiger partial charge in [0.15, 0.2) is 17.5 Å². The molecule has 0 saturated carbocycles. The topological polar surface area (TPSA) is 77.9 Å². The summed E-state index contributed by atoms with van der Waals surface area (Å²) >= 11 is 0.